The molecule has 4 heteroatoms. The van der Waals surface area contributed by atoms with Crippen LogP contribution >= 0.6 is 15.9 Å². The second-order valence-corrected chi connectivity index (χ2v) is 6.00. The molecule has 1 saturated carbocycles. The smallest absolute Gasteiger partial charge is 0.254 e. The van der Waals surface area contributed by atoms with Crippen molar-refractivity contribution in [3.05, 3.63) is 34.3 Å². The van der Waals surface area contributed by atoms with Gasteiger partial charge in [-0.05, 0) is 43.9 Å². The van der Waals surface area contributed by atoms with Gasteiger partial charge in [0.05, 0.1) is 6.61 Å². The van der Waals surface area contributed by atoms with Crippen molar-refractivity contribution in [3.63, 3.8) is 0 Å². The van der Waals surface area contributed by atoms with Crippen molar-refractivity contribution >= 4 is 21.8 Å². The van der Waals surface area contributed by atoms with Crippen LogP contribution in [0.3, 0.4) is 0 Å². The number of ether oxygens (including phenoxy) is 1. The second-order valence-electron chi connectivity index (χ2n) is 5.08. The van der Waals surface area contributed by atoms with Crippen LogP contribution in [0.5, 0.6) is 0 Å². The molecule has 0 radical (unpaired) electrons. The summed E-state index contributed by atoms with van der Waals surface area (Å²) in [5, 5.41) is 0. The van der Waals surface area contributed by atoms with Crippen LogP contribution in [0.1, 0.15) is 30.1 Å². The normalized spacial score (nSPS) is 16.2. The molecule has 1 atom stereocenters. The number of halogens is 1. The van der Waals surface area contributed by atoms with E-state index in [9.17, 15) is 4.79 Å². The number of carbonyl (C=O) groups excluding carboxylic acids is 1. The third kappa shape index (κ3) is 3.80. The number of methoxy groups -OCH3 is 1. The highest BCUT2D eigenvalue weighted by molar-refractivity contribution is 9.10. The highest BCUT2D eigenvalue weighted by Crippen LogP contribution is 2.35. The predicted molar refractivity (Wildman–Crippen MR) is 79.2 cm³/mol. The van der Waals surface area contributed by atoms with Gasteiger partial charge in [0, 0.05) is 29.7 Å². The molecular weight excluding hydrogens is 306 g/mol. The maximum atomic E-state index is 12.6. The lowest BCUT2D eigenvalue weighted by Gasteiger charge is -2.29. The Bertz CT molecular complexity index is 446. The molecule has 0 aromatic heterocycles. The highest BCUT2D eigenvalue weighted by atomic mass is 79.9. The molecule has 0 N–H and O–H groups in total. The van der Waals surface area contributed by atoms with Crippen LogP contribution in [0.2, 0.25) is 0 Å². The largest absolute Gasteiger partial charge is 0.383 e. The van der Waals surface area contributed by atoms with Crippen LogP contribution in [-0.4, -0.2) is 37.1 Å². The fourth-order valence-electron chi connectivity index (χ4n) is 2.30. The molecule has 104 valence electrons. The van der Waals surface area contributed by atoms with Crippen LogP contribution in [0, 0.1) is 5.92 Å². The van der Waals surface area contributed by atoms with Crippen molar-refractivity contribution in [1.82, 2.24) is 4.90 Å². The van der Waals surface area contributed by atoms with E-state index in [4.69, 9.17) is 4.74 Å². The van der Waals surface area contributed by atoms with Gasteiger partial charge in [0.15, 0.2) is 0 Å². The van der Waals surface area contributed by atoms with Crippen molar-refractivity contribution in [2.75, 3.05) is 20.3 Å². The van der Waals surface area contributed by atoms with Crippen LogP contribution in [-0.2, 0) is 4.74 Å². The summed E-state index contributed by atoms with van der Waals surface area (Å²) >= 11 is 3.42. The molecule has 1 fully saturated rings. The summed E-state index contributed by atoms with van der Waals surface area (Å²) < 4.78 is 6.06. The Kier molecular flexibility index (Phi) is 4.99. The van der Waals surface area contributed by atoms with E-state index in [0.29, 0.717) is 25.1 Å². The first-order valence-corrected chi connectivity index (χ1v) is 7.48. The highest BCUT2D eigenvalue weighted by Gasteiger charge is 2.34. The molecule has 1 unspecified atom stereocenters. The Labute approximate surface area is 123 Å². The molecule has 0 spiro atoms. The number of hydrogen-bond acceptors (Lipinski definition) is 2. The van der Waals surface area contributed by atoms with E-state index in [0.717, 1.165) is 10.0 Å². The topological polar surface area (TPSA) is 29.5 Å². The van der Waals surface area contributed by atoms with E-state index >= 15 is 0 Å². The molecule has 1 aromatic carbocycles. The van der Waals surface area contributed by atoms with Gasteiger partial charge in [0.2, 0.25) is 0 Å². The van der Waals surface area contributed by atoms with E-state index in [2.05, 4.69) is 22.9 Å². The first-order valence-electron chi connectivity index (χ1n) is 6.69. The Morgan fingerprint density at radius 1 is 1.53 bits per heavy atom. The molecule has 3 nitrogen and oxygen atoms in total. The van der Waals surface area contributed by atoms with Crippen LogP contribution in [0.4, 0.5) is 0 Å². The van der Waals surface area contributed by atoms with Crippen LogP contribution in [0.15, 0.2) is 28.7 Å². The molecule has 1 aliphatic carbocycles. The lowest BCUT2D eigenvalue weighted by Crippen LogP contribution is -2.42. The van der Waals surface area contributed by atoms with Gasteiger partial charge in [-0.15, -0.1) is 0 Å². The zero-order chi connectivity index (χ0) is 13.8. The average Bonchev–Trinajstić information content (AvgIpc) is 3.23. The first-order chi connectivity index (χ1) is 9.13. The first kappa shape index (κ1) is 14.5. The lowest BCUT2D eigenvalue weighted by molar-refractivity contribution is 0.0594. The quantitative estimate of drug-likeness (QED) is 0.802. The van der Waals surface area contributed by atoms with E-state index in [1.807, 2.05) is 29.2 Å². The predicted octanol–water partition coefficient (Wildman–Crippen LogP) is 3.34. The van der Waals surface area contributed by atoms with Crippen molar-refractivity contribution in [2.24, 2.45) is 5.92 Å². The molecule has 1 amide bonds. The molecule has 19 heavy (non-hydrogen) atoms. The monoisotopic (exact) mass is 325 g/mol. The Morgan fingerprint density at radius 3 is 2.84 bits per heavy atom. The molecule has 0 bridgehead atoms. The van der Waals surface area contributed by atoms with Gasteiger partial charge in [-0.1, -0.05) is 22.0 Å². The van der Waals surface area contributed by atoms with Gasteiger partial charge in [-0.3, -0.25) is 4.79 Å². The fraction of sp³-hybridized carbons (Fsp3) is 0.533. The molecule has 0 aliphatic heterocycles. The Balaban J connectivity index is 2.14. The van der Waals surface area contributed by atoms with Crippen molar-refractivity contribution in [1.29, 1.82) is 0 Å². The minimum absolute atomic E-state index is 0.0951. The number of rotatable bonds is 6. The summed E-state index contributed by atoms with van der Waals surface area (Å²) in [5.74, 6) is 0.755. The van der Waals surface area contributed by atoms with E-state index in [-0.39, 0.29) is 5.91 Å². The maximum Gasteiger partial charge on any atom is 0.254 e. The van der Waals surface area contributed by atoms with Gasteiger partial charge < -0.3 is 9.64 Å². The van der Waals surface area contributed by atoms with E-state index in [1.165, 1.54) is 12.8 Å². The number of benzene rings is 1. The molecule has 2 rings (SSSR count). The SMILES string of the molecule is COCCN(C(=O)c1cccc(Br)c1)C(C)C1CC1. The number of nitrogens with zero attached hydrogens (tertiary/aromatic N) is 1. The van der Waals surface area contributed by atoms with Gasteiger partial charge in [0.25, 0.3) is 5.91 Å². The van der Waals surface area contributed by atoms with E-state index < -0.39 is 0 Å². The zero-order valence-corrected chi connectivity index (χ0v) is 13.0. The summed E-state index contributed by atoms with van der Waals surface area (Å²) in [4.78, 5) is 14.6. The molecule has 0 heterocycles. The fourth-order valence-corrected chi connectivity index (χ4v) is 2.70. The average molecular weight is 326 g/mol. The minimum atomic E-state index is 0.0951. The second kappa shape index (κ2) is 6.53. The number of hydrogen-bond donors (Lipinski definition) is 0. The third-order valence-corrected chi connectivity index (χ3v) is 4.16. The lowest BCUT2D eigenvalue weighted by atomic mass is 10.1. The van der Waals surface area contributed by atoms with Crippen molar-refractivity contribution in [3.8, 4) is 0 Å². The van der Waals surface area contributed by atoms with Gasteiger partial charge >= 0.3 is 0 Å². The third-order valence-electron chi connectivity index (χ3n) is 3.66. The summed E-state index contributed by atoms with van der Waals surface area (Å²) in [6.07, 6.45) is 2.47. The van der Waals surface area contributed by atoms with Gasteiger partial charge in [0.1, 0.15) is 0 Å². The summed E-state index contributed by atoms with van der Waals surface area (Å²) in [6, 6.07) is 7.87. The number of carbonyl (C=O) groups is 1. The van der Waals surface area contributed by atoms with E-state index in [1.54, 1.807) is 7.11 Å². The molecule has 1 aliphatic rings. The molecule has 1 aromatic rings. The van der Waals surface area contributed by atoms with Crippen molar-refractivity contribution in [2.45, 2.75) is 25.8 Å². The summed E-state index contributed by atoms with van der Waals surface area (Å²) in [7, 11) is 1.67. The zero-order valence-electron chi connectivity index (χ0n) is 11.4. The molecule has 0 saturated heterocycles. The van der Waals surface area contributed by atoms with Gasteiger partial charge in [-0.25, -0.2) is 0 Å². The van der Waals surface area contributed by atoms with Crippen molar-refractivity contribution < 1.29 is 9.53 Å². The van der Waals surface area contributed by atoms with Crippen LogP contribution < -0.4 is 0 Å². The van der Waals surface area contributed by atoms with Gasteiger partial charge in [-0.2, -0.15) is 0 Å². The minimum Gasteiger partial charge on any atom is -0.383 e. The summed E-state index contributed by atoms with van der Waals surface area (Å²) in [5.41, 5.74) is 0.734. The molecular formula is C15H20BrNO2. The number of amides is 1. The van der Waals surface area contributed by atoms with Crippen LogP contribution in [0.25, 0.3) is 0 Å². The summed E-state index contributed by atoms with van der Waals surface area (Å²) in [6.45, 7) is 3.37. The standard InChI is InChI=1S/C15H20BrNO2/c1-11(12-6-7-12)17(8-9-19-2)15(18)13-4-3-5-14(16)10-13/h3-5,10-12H,6-9H2,1-2H3. The Morgan fingerprint density at radius 2 is 2.26 bits per heavy atom. The maximum absolute atomic E-state index is 12.6. The Hall–Kier alpha value is -0.870.